The number of ether oxygens (including phenoxy) is 1. The first-order chi connectivity index (χ1) is 21.4. The van der Waals surface area contributed by atoms with Crippen LogP contribution in [0.5, 0.6) is 0 Å². The summed E-state index contributed by atoms with van der Waals surface area (Å²) >= 11 is 0. The predicted octanol–water partition coefficient (Wildman–Crippen LogP) is 4.55. The maximum absolute atomic E-state index is 14.0. The number of hydrogen-bond acceptors (Lipinski definition) is 7. The van der Waals surface area contributed by atoms with Crippen LogP contribution in [-0.4, -0.2) is 70.4 Å². The van der Waals surface area contributed by atoms with Crippen molar-refractivity contribution >= 4 is 40.7 Å². The zero-order valence-electron chi connectivity index (χ0n) is 27.3. The number of pyridine rings is 1. The molecule has 3 amide bonds. The average Bonchev–Trinajstić information content (AvgIpc) is 3.04. The molecule has 5 bridgehead atoms. The molecule has 1 spiro atoms. The number of hydrogen-bond donors (Lipinski definition) is 2. The van der Waals surface area contributed by atoms with Gasteiger partial charge >= 0.3 is 5.97 Å². The van der Waals surface area contributed by atoms with E-state index in [0.717, 1.165) is 35.0 Å². The minimum atomic E-state index is -1.06. The number of esters is 1. The van der Waals surface area contributed by atoms with Gasteiger partial charge in [0.05, 0.1) is 22.7 Å². The monoisotopic (exact) mass is 617 g/mol. The first kappa shape index (κ1) is 32.6. The van der Waals surface area contributed by atoms with Crippen LogP contribution in [0.2, 0.25) is 0 Å². The van der Waals surface area contributed by atoms with Gasteiger partial charge in [-0.1, -0.05) is 51.1 Å². The van der Waals surface area contributed by atoms with Crippen molar-refractivity contribution in [2.45, 2.75) is 97.4 Å². The topological polar surface area (TPSA) is 121 Å². The van der Waals surface area contributed by atoms with E-state index in [2.05, 4.69) is 17.7 Å². The van der Waals surface area contributed by atoms with Gasteiger partial charge in [0, 0.05) is 19.0 Å². The van der Waals surface area contributed by atoms with Crippen LogP contribution in [0.1, 0.15) is 90.4 Å². The summed E-state index contributed by atoms with van der Waals surface area (Å²) in [6.07, 6.45) is 7.06. The average molecular weight is 618 g/mol. The highest BCUT2D eigenvalue weighted by Crippen LogP contribution is 2.42. The summed E-state index contributed by atoms with van der Waals surface area (Å²) in [5.41, 5.74) is 4.69. The van der Waals surface area contributed by atoms with Gasteiger partial charge in [-0.15, -0.1) is 0 Å². The van der Waals surface area contributed by atoms with Crippen LogP contribution in [-0.2, 0) is 23.9 Å². The van der Waals surface area contributed by atoms with E-state index in [1.807, 2.05) is 63.3 Å². The van der Waals surface area contributed by atoms with Crippen molar-refractivity contribution in [2.24, 2.45) is 17.3 Å². The summed E-state index contributed by atoms with van der Waals surface area (Å²) in [5, 5.41) is 5.18. The SMILES string of the molecule is CC(C)[C@@H]1OC(=O)[C@]2(/C=C/c3ccc4ccc(nc4c3)[C@@H](C)N(C)C(=O)[C@@H]3CCCN(N3)C(=O)[C@H](C)NC1=O)CC[C@H](C)CC2. The molecule has 5 rings (SSSR count). The van der Waals surface area contributed by atoms with E-state index in [0.29, 0.717) is 38.1 Å². The summed E-state index contributed by atoms with van der Waals surface area (Å²) in [5.74, 6) is -1.24. The molecule has 4 atom stereocenters. The molecule has 1 aliphatic carbocycles. The molecule has 3 aliphatic rings. The molecule has 0 unspecified atom stereocenters. The van der Waals surface area contributed by atoms with Crippen molar-refractivity contribution in [3.8, 4) is 0 Å². The number of carbonyl (C=O) groups is 4. The van der Waals surface area contributed by atoms with Gasteiger partial charge in [0.25, 0.3) is 11.8 Å². The zero-order chi connectivity index (χ0) is 32.5. The highest BCUT2D eigenvalue weighted by molar-refractivity contribution is 5.92. The Morgan fingerprint density at radius 1 is 0.978 bits per heavy atom. The smallest absolute Gasteiger partial charge is 0.316 e. The fourth-order valence-corrected chi connectivity index (χ4v) is 6.53. The maximum atomic E-state index is 14.0. The van der Waals surface area contributed by atoms with Crippen LogP contribution in [0.15, 0.2) is 36.4 Å². The van der Waals surface area contributed by atoms with Gasteiger partial charge in [-0.2, -0.15) is 0 Å². The Balaban J connectivity index is 1.55. The lowest BCUT2D eigenvalue weighted by Gasteiger charge is -2.38. The first-order valence-electron chi connectivity index (χ1n) is 16.3. The Hall–Kier alpha value is -3.79. The Morgan fingerprint density at radius 2 is 1.69 bits per heavy atom. The molecule has 1 saturated carbocycles. The van der Waals surface area contributed by atoms with Crippen LogP contribution in [0.4, 0.5) is 0 Å². The summed E-state index contributed by atoms with van der Waals surface area (Å²) in [6.45, 7) is 9.81. The Bertz CT molecular complexity index is 1480. The van der Waals surface area contributed by atoms with Crippen molar-refractivity contribution in [3.05, 3.63) is 47.7 Å². The van der Waals surface area contributed by atoms with Crippen LogP contribution in [0.3, 0.4) is 0 Å². The number of likely N-dealkylation sites (N-methyl/N-ethyl adjacent to an activating group) is 1. The van der Waals surface area contributed by atoms with Crippen LogP contribution in [0, 0.1) is 17.3 Å². The number of nitrogens with zero attached hydrogens (tertiary/aromatic N) is 3. The molecule has 1 aromatic heterocycles. The van der Waals surface area contributed by atoms with Crippen molar-refractivity contribution in [2.75, 3.05) is 13.6 Å². The van der Waals surface area contributed by atoms with Gasteiger partial charge in [0.2, 0.25) is 5.91 Å². The second-order valence-corrected chi connectivity index (χ2v) is 13.6. The molecular weight excluding hydrogens is 570 g/mol. The van der Waals surface area contributed by atoms with E-state index in [9.17, 15) is 19.2 Å². The van der Waals surface area contributed by atoms with Crippen LogP contribution < -0.4 is 10.7 Å². The first-order valence-corrected chi connectivity index (χ1v) is 16.3. The Labute approximate surface area is 265 Å². The van der Waals surface area contributed by atoms with Crippen LogP contribution >= 0.6 is 0 Å². The Kier molecular flexibility index (Phi) is 9.63. The number of hydrazine groups is 1. The molecule has 2 N–H and O–H groups in total. The second-order valence-electron chi connectivity index (χ2n) is 13.6. The number of cyclic esters (lactones) is 1. The fraction of sp³-hybridized carbons (Fsp3) is 0.571. The van der Waals surface area contributed by atoms with E-state index < -0.39 is 35.5 Å². The van der Waals surface area contributed by atoms with Crippen molar-refractivity contribution in [1.29, 1.82) is 0 Å². The highest BCUT2D eigenvalue weighted by atomic mass is 16.5. The van der Waals surface area contributed by atoms with E-state index in [-0.39, 0.29) is 23.8 Å². The molecule has 0 radical (unpaired) electrons. The van der Waals surface area contributed by atoms with E-state index in [4.69, 9.17) is 9.72 Å². The number of benzene rings is 1. The number of nitrogens with one attached hydrogen (secondary N) is 2. The largest absolute Gasteiger partial charge is 0.451 e. The van der Waals surface area contributed by atoms with Gasteiger partial charge in [-0.3, -0.25) is 29.2 Å². The lowest BCUT2D eigenvalue weighted by molar-refractivity contribution is -0.168. The van der Waals surface area contributed by atoms with E-state index in [1.54, 1.807) is 18.9 Å². The summed E-state index contributed by atoms with van der Waals surface area (Å²) in [4.78, 5) is 61.2. The quantitative estimate of drug-likeness (QED) is 0.451. The molecule has 10 heteroatoms. The number of rotatable bonds is 1. The van der Waals surface area contributed by atoms with Crippen molar-refractivity contribution in [3.63, 3.8) is 0 Å². The molecule has 2 fully saturated rings. The van der Waals surface area contributed by atoms with E-state index >= 15 is 0 Å². The molecule has 2 aromatic rings. The molecule has 1 saturated heterocycles. The van der Waals surface area contributed by atoms with Crippen molar-refractivity contribution in [1.82, 2.24) is 25.6 Å². The van der Waals surface area contributed by atoms with E-state index in [1.165, 1.54) is 5.01 Å². The highest BCUT2D eigenvalue weighted by Gasteiger charge is 2.43. The molecule has 10 nitrogen and oxygen atoms in total. The maximum Gasteiger partial charge on any atom is 0.316 e. The van der Waals surface area contributed by atoms with Gasteiger partial charge in [-0.25, -0.2) is 5.43 Å². The molecule has 3 heterocycles. The normalized spacial score (nSPS) is 31.3. The molecule has 45 heavy (non-hydrogen) atoms. The standard InChI is InChI=1S/C35H47N5O5/c1-21(2)30-31(41)36-23(4)32(42)40-19-7-8-28(38-40)33(43)39(6)24(5)27-12-11-26-10-9-25(20-29(26)37-27)15-18-35(34(44)45-30)16-13-22(3)14-17-35/h9-12,15,18,20-24,28,30,38H,7-8,13-14,16-17,19H2,1-6H3,(H,36,41)/b18-15+/t22-,23-,24+,28-,30-,35+/m0/s1. The van der Waals surface area contributed by atoms with Gasteiger partial charge in [0.1, 0.15) is 12.1 Å². The number of carbonyl (C=O) groups excluding carboxylic acids is 4. The minimum Gasteiger partial charge on any atom is -0.451 e. The minimum absolute atomic E-state index is 0.139. The third-order valence-corrected chi connectivity index (χ3v) is 9.84. The van der Waals surface area contributed by atoms with Gasteiger partial charge in [-0.05, 0) is 81.9 Å². The second kappa shape index (κ2) is 13.3. The summed E-state index contributed by atoms with van der Waals surface area (Å²) < 4.78 is 6.03. The fourth-order valence-electron chi connectivity index (χ4n) is 6.53. The lowest BCUT2D eigenvalue weighted by atomic mass is 9.70. The Morgan fingerprint density at radius 3 is 2.40 bits per heavy atom. The third kappa shape index (κ3) is 6.90. The third-order valence-electron chi connectivity index (χ3n) is 9.84. The molecular formula is C35H47N5O5. The van der Waals surface area contributed by atoms with Gasteiger partial charge < -0.3 is 15.0 Å². The number of amides is 3. The predicted molar refractivity (Wildman–Crippen MR) is 172 cm³/mol. The molecule has 2 aliphatic heterocycles. The van der Waals surface area contributed by atoms with Crippen molar-refractivity contribution < 1.29 is 23.9 Å². The zero-order valence-corrected chi connectivity index (χ0v) is 27.3. The van der Waals surface area contributed by atoms with Crippen LogP contribution in [0.25, 0.3) is 17.0 Å². The number of aromatic nitrogens is 1. The summed E-state index contributed by atoms with van der Waals surface area (Å²) in [6, 6.07) is 8.16. The molecule has 1 aromatic carbocycles. The lowest BCUT2D eigenvalue weighted by Crippen LogP contribution is -2.61. The van der Waals surface area contributed by atoms with Gasteiger partial charge in [0.15, 0.2) is 6.10 Å². The summed E-state index contributed by atoms with van der Waals surface area (Å²) in [7, 11) is 1.76. The number of fused-ring (bicyclic) bond motifs is 4. The molecule has 242 valence electrons.